The van der Waals surface area contributed by atoms with Crippen molar-refractivity contribution in [2.45, 2.75) is 12.1 Å². The van der Waals surface area contributed by atoms with Gasteiger partial charge in [-0.05, 0) is 48.9 Å². The first kappa shape index (κ1) is 20.5. The van der Waals surface area contributed by atoms with Gasteiger partial charge in [0.2, 0.25) is 5.91 Å². The van der Waals surface area contributed by atoms with E-state index in [-0.39, 0.29) is 17.2 Å². The molecule has 3 rings (SSSR count). The summed E-state index contributed by atoms with van der Waals surface area (Å²) in [6.07, 6.45) is 0. The molecule has 2 aromatic carbocycles. The van der Waals surface area contributed by atoms with Crippen molar-refractivity contribution in [1.82, 2.24) is 9.97 Å². The van der Waals surface area contributed by atoms with E-state index < -0.39 is 0 Å². The normalized spacial score (nSPS) is 10.4. The number of hydrogen-bond acceptors (Lipinski definition) is 6. The second kappa shape index (κ2) is 9.29. The number of hydrogen-bond donors (Lipinski definition) is 2. The number of aromatic amines is 1. The van der Waals surface area contributed by atoms with Crippen LogP contribution in [-0.2, 0) is 4.79 Å². The van der Waals surface area contributed by atoms with Crippen molar-refractivity contribution in [3.05, 3.63) is 64.4 Å². The predicted octanol–water partition coefficient (Wildman–Crippen LogP) is 3.49. The fourth-order valence-electron chi connectivity index (χ4n) is 2.65. The average Bonchev–Trinajstić information content (AvgIpc) is 2.72. The first-order chi connectivity index (χ1) is 14.0. The third-order valence-corrected chi connectivity index (χ3v) is 4.95. The Morgan fingerprint density at radius 2 is 1.86 bits per heavy atom. The molecule has 0 fully saturated rings. The molecule has 150 valence electrons. The smallest absolute Gasteiger partial charge is 0.252 e. The standard InChI is InChI=1S/C21H21N3O4S/c1-13-4-9-18(28-3)17(10-13)22-20(26)12-29-21-23-16(11-19(25)24-21)14-5-7-15(27-2)8-6-14/h4-11H,12H2,1-3H3,(H,22,26)(H,23,24,25). The van der Waals surface area contributed by atoms with Crippen LogP contribution in [0.5, 0.6) is 11.5 Å². The van der Waals surface area contributed by atoms with Gasteiger partial charge in [-0.15, -0.1) is 0 Å². The number of nitrogens with zero attached hydrogens (tertiary/aromatic N) is 1. The number of methoxy groups -OCH3 is 2. The zero-order valence-corrected chi connectivity index (χ0v) is 17.1. The summed E-state index contributed by atoms with van der Waals surface area (Å²) in [7, 11) is 3.14. The zero-order chi connectivity index (χ0) is 20.8. The first-order valence-electron chi connectivity index (χ1n) is 8.81. The largest absolute Gasteiger partial charge is 0.497 e. The fraction of sp³-hybridized carbons (Fsp3) is 0.190. The highest BCUT2D eigenvalue weighted by atomic mass is 32.2. The van der Waals surface area contributed by atoms with E-state index in [1.54, 1.807) is 32.4 Å². The maximum absolute atomic E-state index is 12.4. The molecule has 0 aliphatic rings. The average molecular weight is 411 g/mol. The maximum atomic E-state index is 12.4. The molecule has 7 nitrogen and oxygen atoms in total. The number of carbonyl (C=O) groups is 1. The topological polar surface area (TPSA) is 93.3 Å². The predicted molar refractivity (Wildman–Crippen MR) is 114 cm³/mol. The number of amides is 1. The van der Waals surface area contributed by atoms with Crippen LogP contribution in [0.15, 0.2) is 58.5 Å². The fourth-order valence-corrected chi connectivity index (χ4v) is 3.33. The van der Waals surface area contributed by atoms with E-state index >= 15 is 0 Å². The molecule has 1 aromatic heterocycles. The highest BCUT2D eigenvalue weighted by Gasteiger charge is 2.11. The lowest BCUT2D eigenvalue weighted by molar-refractivity contribution is -0.113. The number of H-pyrrole nitrogens is 1. The van der Waals surface area contributed by atoms with Crippen molar-refractivity contribution in [3.8, 4) is 22.8 Å². The summed E-state index contributed by atoms with van der Waals surface area (Å²) in [5.41, 5.74) is 2.64. The molecule has 0 unspecified atom stereocenters. The second-order valence-corrected chi connectivity index (χ2v) is 7.17. The van der Waals surface area contributed by atoms with Gasteiger partial charge in [0.1, 0.15) is 11.5 Å². The van der Waals surface area contributed by atoms with Gasteiger partial charge in [-0.25, -0.2) is 4.98 Å². The summed E-state index contributed by atoms with van der Waals surface area (Å²) >= 11 is 1.15. The van der Waals surface area contributed by atoms with E-state index in [0.29, 0.717) is 22.3 Å². The van der Waals surface area contributed by atoms with Crippen LogP contribution in [0.25, 0.3) is 11.3 Å². The maximum Gasteiger partial charge on any atom is 0.252 e. The van der Waals surface area contributed by atoms with E-state index in [4.69, 9.17) is 9.47 Å². The van der Waals surface area contributed by atoms with Gasteiger partial charge in [0, 0.05) is 11.6 Å². The van der Waals surface area contributed by atoms with Crippen molar-refractivity contribution in [2.75, 3.05) is 25.3 Å². The minimum absolute atomic E-state index is 0.0894. The van der Waals surface area contributed by atoms with E-state index in [2.05, 4.69) is 15.3 Å². The van der Waals surface area contributed by atoms with Crippen LogP contribution in [-0.4, -0.2) is 35.8 Å². The lowest BCUT2D eigenvalue weighted by Gasteiger charge is -2.11. The first-order valence-corrected chi connectivity index (χ1v) is 9.80. The number of nitrogens with one attached hydrogen (secondary N) is 2. The van der Waals surface area contributed by atoms with Gasteiger partial charge in [-0.1, -0.05) is 17.8 Å². The van der Waals surface area contributed by atoms with Gasteiger partial charge in [-0.2, -0.15) is 0 Å². The molecule has 3 aromatic rings. The number of aryl methyl sites for hydroxylation is 1. The van der Waals surface area contributed by atoms with Crippen molar-refractivity contribution in [1.29, 1.82) is 0 Å². The third kappa shape index (κ3) is 5.39. The molecule has 0 bridgehead atoms. The van der Waals surface area contributed by atoms with E-state index in [1.807, 2.05) is 31.2 Å². The highest BCUT2D eigenvalue weighted by Crippen LogP contribution is 2.26. The number of carbonyl (C=O) groups excluding carboxylic acids is 1. The molecule has 2 N–H and O–H groups in total. The molecule has 0 saturated heterocycles. The van der Waals surface area contributed by atoms with Crippen LogP contribution < -0.4 is 20.3 Å². The molecule has 0 atom stereocenters. The van der Waals surface area contributed by atoms with Gasteiger partial charge in [0.05, 0.1) is 31.4 Å². The molecule has 0 spiro atoms. The number of thioether (sulfide) groups is 1. The molecule has 0 aliphatic carbocycles. The Bertz CT molecular complexity index is 1060. The Balaban J connectivity index is 1.70. The van der Waals surface area contributed by atoms with Gasteiger partial charge in [0.15, 0.2) is 5.16 Å². The van der Waals surface area contributed by atoms with E-state index in [0.717, 1.165) is 28.6 Å². The molecule has 1 amide bonds. The quantitative estimate of drug-likeness (QED) is 0.457. The van der Waals surface area contributed by atoms with Crippen LogP contribution in [0.4, 0.5) is 5.69 Å². The molecule has 1 heterocycles. The Kier molecular flexibility index (Phi) is 6.56. The van der Waals surface area contributed by atoms with Crippen LogP contribution >= 0.6 is 11.8 Å². The Hall–Kier alpha value is -3.26. The number of rotatable bonds is 7. The van der Waals surface area contributed by atoms with Gasteiger partial charge in [0.25, 0.3) is 5.56 Å². The van der Waals surface area contributed by atoms with Crippen LogP contribution in [0.3, 0.4) is 0 Å². The zero-order valence-electron chi connectivity index (χ0n) is 16.3. The second-order valence-electron chi connectivity index (χ2n) is 6.20. The lowest BCUT2D eigenvalue weighted by atomic mass is 10.1. The molecular weight excluding hydrogens is 390 g/mol. The molecule has 0 saturated carbocycles. The number of benzene rings is 2. The summed E-state index contributed by atoms with van der Waals surface area (Å²) in [6.45, 7) is 1.93. The summed E-state index contributed by atoms with van der Waals surface area (Å²) in [5.74, 6) is 1.17. The third-order valence-electron chi connectivity index (χ3n) is 4.07. The molecule has 0 radical (unpaired) electrons. The van der Waals surface area contributed by atoms with Crippen LogP contribution in [0, 0.1) is 6.92 Å². The number of aromatic nitrogens is 2. The van der Waals surface area contributed by atoms with Gasteiger partial charge < -0.3 is 19.8 Å². The molecular formula is C21H21N3O4S. The molecule has 29 heavy (non-hydrogen) atoms. The molecule has 0 aliphatic heterocycles. The van der Waals surface area contributed by atoms with Crippen molar-refractivity contribution in [3.63, 3.8) is 0 Å². The number of ether oxygens (including phenoxy) is 2. The summed E-state index contributed by atoms with van der Waals surface area (Å²) < 4.78 is 10.4. The number of anilines is 1. The summed E-state index contributed by atoms with van der Waals surface area (Å²) in [4.78, 5) is 31.5. The lowest BCUT2D eigenvalue weighted by Crippen LogP contribution is -2.16. The summed E-state index contributed by atoms with van der Waals surface area (Å²) in [5, 5.41) is 3.20. The van der Waals surface area contributed by atoms with E-state index in [9.17, 15) is 9.59 Å². The Morgan fingerprint density at radius 3 is 2.55 bits per heavy atom. The van der Waals surface area contributed by atoms with Gasteiger partial charge >= 0.3 is 0 Å². The van der Waals surface area contributed by atoms with Gasteiger partial charge in [-0.3, -0.25) is 9.59 Å². The molecule has 8 heteroatoms. The van der Waals surface area contributed by atoms with Crippen LogP contribution in [0.2, 0.25) is 0 Å². The van der Waals surface area contributed by atoms with Crippen LogP contribution in [0.1, 0.15) is 5.56 Å². The van der Waals surface area contributed by atoms with Crippen molar-refractivity contribution < 1.29 is 14.3 Å². The monoisotopic (exact) mass is 411 g/mol. The highest BCUT2D eigenvalue weighted by molar-refractivity contribution is 7.99. The summed E-state index contributed by atoms with van der Waals surface area (Å²) in [6, 6.07) is 14.2. The van der Waals surface area contributed by atoms with Crippen molar-refractivity contribution >= 4 is 23.4 Å². The minimum Gasteiger partial charge on any atom is -0.497 e. The Morgan fingerprint density at radius 1 is 1.10 bits per heavy atom. The van der Waals surface area contributed by atoms with E-state index in [1.165, 1.54) is 6.07 Å². The SMILES string of the molecule is COc1ccc(-c2cc(=O)[nH]c(SCC(=O)Nc3cc(C)ccc3OC)n2)cc1. The minimum atomic E-state index is -0.283. The Labute approximate surface area is 172 Å². The van der Waals surface area contributed by atoms with Crippen molar-refractivity contribution in [2.24, 2.45) is 0 Å².